The first-order valence-corrected chi connectivity index (χ1v) is 9.35. The van der Waals surface area contributed by atoms with Crippen LogP contribution in [0.5, 0.6) is 0 Å². The van der Waals surface area contributed by atoms with E-state index in [0.29, 0.717) is 4.31 Å². The topological polar surface area (TPSA) is 54.7 Å². The highest BCUT2D eigenvalue weighted by Gasteiger charge is 2.48. The second-order valence-electron chi connectivity index (χ2n) is 5.76. The Labute approximate surface area is 152 Å². The van der Waals surface area contributed by atoms with Gasteiger partial charge in [-0.3, -0.25) is 0 Å². The lowest BCUT2D eigenvalue weighted by atomic mass is 10.1. The molecule has 0 radical (unpaired) electrons. The third-order valence-corrected chi connectivity index (χ3v) is 6.01. The lowest BCUT2D eigenvalue weighted by molar-refractivity contribution is -0.173. The molecular formula is C17H15F4N3O2S. The van der Waals surface area contributed by atoms with Crippen LogP contribution in [0.2, 0.25) is 0 Å². The average Bonchev–Trinajstić information content (AvgIpc) is 3.07. The fourth-order valence-corrected chi connectivity index (χ4v) is 4.46. The van der Waals surface area contributed by atoms with Crippen molar-refractivity contribution in [1.82, 2.24) is 13.7 Å². The molecule has 3 rings (SSSR count). The van der Waals surface area contributed by atoms with Gasteiger partial charge in [-0.15, -0.1) is 0 Å². The molecule has 1 aromatic carbocycles. The Bertz CT molecular complexity index is 1050. The first-order valence-electron chi connectivity index (χ1n) is 7.91. The summed E-state index contributed by atoms with van der Waals surface area (Å²) in [4.78, 5) is 3.65. The standard InChI is InChI=1S/C17H15F4N3O2S/c1-2-24(16(17(19,20)21)12-3-5-13(18)6-4-12)27(25,26)14-7-9-23-10-8-22-15(23)11-14/h3-11,16H,2H2,1H3. The van der Waals surface area contributed by atoms with Crippen molar-refractivity contribution in [2.45, 2.75) is 24.0 Å². The molecule has 0 amide bonds. The number of hydrogen-bond donors (Lipinski definition) is 0. The second kappa shape index (κ2) is 6.93. The largest absolute Gasteiger partial charge is 0.409 e. The van der Waals surface area contributed by atoms with Crippen LogP contribution in [0.4, 0.5) is 17.6 Å². The molecule has 1 unspecified atom stereocenters. The summed E-state index contributed by atoms with van der Waals surface area (Å²) < 4.78 is 82.3. The van der Waals surface area contributed by atoms with Crippen LogP contribution in [0.15, 0.2) is 59.9 Å². The zero-order chi connectivity index (χ0) is 19.8. The lowest BCUT2D eigenvalue weighted by Crippen LogP contribution is -2.42. The molecule has 3 aromatic rings. The Morgan fingerprint density at radius 2 is 1.81 bits per heavy atom. The number of aromatic nitrogens is 2. The maximum absolute atomic E-state index is 13.8. The fourth-order valence-electron chi connectivity index (χ4n) is 2.84. The van der Waals surface area contributed by atoms with E-state index in [9.17, 15) is 26.0 Å². The van der Waals surface area contributed by atoms with E-state index < -0.39 is 34.6 Å². The molecule has 5 nitrogen and oxygen atoms in total. The third-order valence-electron chi connectivity index (χ3n) is 4.07. The quantitative estimate of drug-likeness (QED) is 0.612. The number of pyridine rings is 1. The Hall–Kier alpha value is -2.46. The number of rotatable bonds is 5. The molecule has 10 heteroatoms. The van der Waals surface area contributed by atoms with Crippen molar-refractivity contribution in [2.24, 2.45) is 0 Å². The van der Waals surface area contributed by atoms with E-state index >= 15 is 0 Å². The fraction of sp³-hybridized carbons (Fsp3) is 0.235. The number of fused-ring (bicyclic) bond motifs is 1. The van der Waals surface area contributed by atoms with Crippen molar-refractivity contribution < 1.29 is 26.0 Å². The SMILES string of the molecule is CCN(C(c1ccc(F)cc1)C(F)(F)F)S(=O)(=O)c1ccn2ccnc2c1. The molecular weight excluding hydrogens is 386 g/mol. The van der Waals surface area contributed by atoms with Gasteiger partial charge in [-0.25, -0.2) is 17.8 Å². The summed E-state index contributed by atoms with van der Waals surface area (Å²) in [7, 11) is -4.49. The van der Waals surface area contributed by atoms with E-state index in [4.69, 9.17) is 0 Å². The zero-order valence-corrected chi connectivity index (χ0v) is 14.9. The van der Waals surface area contributed by atoms with E-state index in [1.807, 2.05) is 0 Å². The maximum Gasteiger partial charge on any atom is 0.409 e. The predicted molar refractivity (Wildman–Crippen MR) is 90.0 cm³/mol. The summed E-state index contributed by atoms with van der Waals surface area (Å²) in [6, 6.07) is 3.58. The van der Waals surface area contributed by atoms with E-state index in [1.54, 1.807) is 6.20 Å². The number of benzene rings is 1. The molecule has 0 saturated carbocycles. The van der Waals surface area contributed by atoms with Crippen molar-refractivity contribution in [2.75, 3.05) is 6.54 Å². The normalized spacial score (nSPS) is 14.0. The number of alkyl halides is 3. The number of halogens is 4. The molecule has 0 fully saturated rings. The van der Waals surface area contributed by atoms with Crippen molar-refractivity contribution in [3.05, 3.63) is 66.4 Å². The highest BCUT2D eigenvalue weighted by molar-refractivity contribution is 7.89. The summed E-state index contributed by atoms with van der Waals surface area (Å²) >= 11 is 0. The van der Waals surface area contributed by atoms with Crippen LogP contribution in [-0.4, -0.2) is 34.8 Å². The molecule has 0 bridgehead atoms. The van der Waals surface area contributed by atoms with Crippen LogP contribution in [-0.2, 0) is 10.0 Å². The molecule has 0 aliphatic carbocycles. The van der Waals surface area contributed by atoms with Crippen LogP contribution in [0, 0.1) is 5.82 Å². The smallest absolute Gasteiger partial charge is 0.307 e. The highest BCUT2D eigenvalue weighted by Crippen LogP contribution is 2.40. The Morgan fingerprint density at radius 1 is 1.15 bits per heavy atom. The molecule has 27 heavy (non-hydrogen) atoms. The minimum absolute atomic E-state index is 0.289. The van der Waals surface area contributed by atoms with Gasteiger partial charge in [0.2, 0.25) is 10.0 Å². The van der Waals surface area contributed by atoms with Gasteiger partial charge in [0.05, 0.1) is 4.90 Å². The van der Waals surface area contributed by atoms with Crippen molar-refractivity contribution in [3.63, 3.8) is 0 Å². The summed E-state index contributed by atoms with van der Waals surface area (Å²) in [6.07, 6.45) is -0.456. The molecule has 0 N–H and O–H groups in total. The van der Waals surface area contributed by atoms with E-state index in [0.717, 1.165) is 24.3 Å². The molecule has 144 valence electrons. The molecule has 0 saturated heterocycles. The minimum Gasteiger partial charge on any atom is -0.307 e. The minimum atomic E-state index is -4.89. The number of imidazole rings is 1. The van der Waals surface area contributed by atoms with Gasteiger partial charge >= 0.3 is 6.18 Å². The summed E-state index contributed by atoms with van der Waals surface area (Å²) in [5.74, 6) is -0.713. The van der Waals surface area contributed by atoms with Gasteiger partial charge in [0.25, 0.3) is 0 Å². The van der Waals surface area contributed by atoms with Gasteiger partial charge < -0.3 is 4.40 Å². The van der Waals surface area contributed by atoms with Crippen LogP contribution in [0.25, 0.3) is 5.65 Å². The highest BCUT2D eigenvalue weighted by atomic mass is 32.2. The van der Waals surface area contributed by atoms with Gasteiger partial charge in [0, 0.05) is 31.2 Å². The maximum atomic E-state index is 13.8. The number of nitrogens with zero attached hydrogens (tertiary/aromatic N) is 3. The number of hydrogen-bond acceptors (Lipinski definition) is 3. The second-order valence-corrected chi connectivity index (χ2v) is 7.65. The van der Waals surface area contributed by atoms with E-state index in [2.05, 4.69) is 4.98 Å². The first-order chi connectivity index (χ1) is 12.6. The third kappa shape index (κ3) is 3.67. The van der Waals surface area contributed by atoms with Gasteiger partial charge in [0.1, 0.15) is 17.5 Å². The monoisotopic (exact) mass is 401 g/mol. The molecule has 0 aliphatic heterocycles. The Morgan fingerprint density at radius 3 is 2.41 bits per heavy atom. The summed E-state index contributed by atoms with van der Waals surface area (Å²) in [6.45, 7) is 0.886. The molecule has 2 heterocycles. The number of sulfonamides is 1. The van der Waals surface area contributed by atoms with Gasteiger partial charge in [-0.1, -0.05) is 19.1 Å². The van der Waals surface area contributed by atoms with Crippen LogP contribution in [0.3, 0.4) is 0 Å². The summed E-state index contributed by atoms with van der Waals surface area (Å²) in [5, 5.41) is 0. The first kappa shape index (κ1) is 19.3. The zero-order valence-electron chi connectivity index (χ0n) is 14.1. The van der Waals surface area contributed by atoms with E-state index in [-0.39, 0.29) is 16.1 Å². The van der Waals surface area contributed by atoms with Crippen molar-refractivity contribution in [3.8, 4) is 0 Å². The average molecular weight is 401 g/mol. The van der Waals surface area contributed by atoms with Gasteiger partial charge in [-0.05, 0) is 23.8 Å². The lowest BCUT2D eigenvalue weighted by Gasteiger charge is -2.31. The van der Waals surface area contributed by atoms with Crippen molar-refractivity contribution >= 4 is 15.7 Å². The predicted octanol–water partition coefficient (Wildman–Crippen LogP) is 3.79. The molecule has 0 aliphatic rings. The molecule has 0 spiro atoms. The Balaban J connectivity index is 2.11. The van der Waals surface area contributed by atoms with Crippen molar-refractivity contribution in [1.29, 1.82) is 0 Å². The molecule has 1 atom stereocenters. The molecule has 2 aromatic heterocycles. The van der Waals surface area contributed by atoms with Gasteiger partial charge in [0.15, 0.2) is 0 Å². The van der Waals surface area contributed by atoms with Crippen LogP contribution < -0.4 is 0 Å². The van der Waals surface area contributed by atoms with E-state index in [1.165, 1.54) is 35.9 Å². The summed E-state index contributed by atoms with van der Waals surface area (Å²) in [5.41, 5.74) is -0.0753. The van der Waals surface area contributed by atoms with Crippen LogP contribution >= 0.6 is 0 Å². The van der Waals surface area contributed by atoms with Gasteiger partial charge in [-0.2, -0.15) is 17.5 Å². The Kier molecular flexibility index (Phi) is 4.96. The van der Waals surface area contributed by atoms with Crippen LogP contribution in [0.1, 0.15) is 18.5 Å².